The van der Waals surface area contributed by atoms with Gasteiger partial charge >= 0.3 is 5.97 Å². The number of nitrogens with zero attached hydrogens (tertiary/aromatic N) is 1. The van der Waals surface area contributed by atoms with Gasteiger partial charge in [-0.05, 0) is 38.1 Å². The fraction of sp³-hybridized carbons (Fsp3) is 0.500. The van der Waals surface area contributed by atoms with Gasteiger partial charge in [0.05, 0.1) is 0 Å². The molecule has 1 aromatic carbocycles. The van der Waals surface area contributed by atoms with E-state index < -0.39 is 5.97 Å². The molecule has 0 unspecified atom stereocenters. The Balaban J connectivity index is 2.64. The number of carboxylic acids is 1. The molecule has 1 rings (SSSR count). The first kappa shape index (κ1) is 15.9. The van der Waals surface area contributed by atoms with Gasteiger partial charge in [-0.2, -0.15) is 0 Å². The van der Waals surface area contributed by atoms with Crippen LogP contribution in [-0.4, -0.2) is 29.1 Å². The molecule has 0 aromatic heterocycles. The minimum Gasteiger partial charge on any atom is -0.481 e. The van der Waals surface area contributed by atoms with E-state index in [0.29, 0.717) is 30.1 Å². The Morgan fingerprint density at radius 1 is 1.42 bits per heavy atom. The lowest BCUT2D eigenvalue weighted by Gasteiger charge is -2.22. The molecule has 0 spiro atoms. The monoisotopic (exact) mass is 287 g/mol. The van der Waals surface area contributed by atoms with Crippen molar-refractivity contribution in [2.75, 3.05) is 13.1 Å². The molecule has 0 aliphatic carbocycles. The summed E-state index contributed by atoms with van der Waals surface area (Å²) in [7, 11) is 0. The number of rotatable bonds is 8. The average Bonchev–Trinajstić information content (AvgIpc) is 2.33. The fourth-order valence-electron chi connectivity index (χ4n) is 1.95. The highest BCUT2D eigenvalue weighted by molar-refractivity contribution is 6.31. The van der Waals surface area contributed by atoms with Crippen molar-refractivity contribution in [1.29, 1.82) is 0 Å². The molecule has 3 nitrogen and oxygen atoms in total. The molecule has 0 saturated heterocycles. The van der Waals surface area contributed by atoms with Crippen molar-refractivity contribution in [2.24, 2.45) is 0 Å². The normalized spacial score (nSPS) is 10.9. The van der Waals surface area contributed by atoms with Gasteiger partial charge in [0.15, 0.2) is 0 Å². The highest BCUT2D eigenvalue weighted by Gasteiger charge is 2.12. The molecule has 19 heavy (non-hydrogen) atoms. The summed E-state index contributed by atoms with van der Waals surface area (Å²) in [5, 5.41) is 9.05. The smallest absolute Gasteiger partial charge is 0.303 e. The van der Waals surface area contributed by atoms with Gasteiger partial charge in [0.1, 0.15) is 5.82 Å². The predicted octanol–water partition coefficient (Wildman–Crippen LogP) is 3.56. The van der Waals surface area contributed by atoms with Crippen LogP contribution >= 0.6 is 11.6 Å². The molecule has 0 aliphatic heterocycles. The minimum absolute atomic E-state index is 0.130. The van der Waals surface area contributed by atoms with E-state index in [1.165, 1.54) is 6.07 Å². The van der Waals surface area contributed by atoms with Crippen LogP contribution in [0.1, 0.15) is 31.7 Å². The van der Waals surface area contributed by atoms with E-state index in [4.69, 9.17) is 16.7 Å². The molecule has 106 valence electrons. The molecule has 1 aromatic rings. The van der Waals surface area contributed by atoms with Crippen LogP contribution in [0.4, 0.5) is 4.39 Å². The predicted molar refractivity (Wildman–Crippen MR) is 73.8 cm³/mol. The summed E-state index contributed by atoms with van der Waals surface area (Å²) < 4.78 is 13.7. The topological polar surface area (TPSA) is 40.5 Å². The highest BCUT2D eigenvalue weighted by Crippen LogP contribution is 2.21. The van der Waals surface area contributed by atoms with Crippen molar-refractivity contribution in [3.05, 3.63) is 34.6 Å². The quantitative estimate of drug-likeness (QED) is 0.795. The number of carboxylic acid groups (broad SMARTS) is 1. The molecule has 0 aliphatic rings. The van der Waals surface area contributed by atoms with Crippen LogP contribution in [-0.2, 0) is 11.3 Å². The van der Waals surface area contributed by atoms with Gasteiger partial charge in [-0.25, -0.2) is 4.39 Å². The Labute approximate surface area is 118 Å². The van der Waals surface area contributed by atoms with Crippen LogP contribution in [0, 0.1) is 5.82 Å². The fourth-order valence-corrected chi connectivity index (χ4v) is 2.17. The number of halogens is 2. The summed E-state index contributed by atoms with van der Waals surface area (Å²) >= 11 is 6.00. The van der Waals surface area contributed by atoms with Crippen LogP contribution in [0.3, 0.4) is 0 Å². The van der Waals surface area contributed by atoms with Crippen LogP contribution < -0.4 is 0 Å². The standard InChI is InChI=1S/C14H19ClFNO2/c1-2-8-17(9-4-7-14(18)19)10-11-12(15)5-3-6-13(11)16/h3,5-6H,2,4,7-10H2,1H3,(H,18,19). The summed E-state index contributed by atoms with van der Waals surface area (Å²) in [5.41, 5.74) is 0.480. The molecule has 0 atom stereocenters. The summed E-state index contributed by atoms with van der Waals surface area (Å²) in [6.45, 7) is 3.88. The average molecular weight is 288 g/mol. The van der Waals surface area contributed by atoms with Gasteiger partial charge in [-0.1, -0.05) is 24.6 Å². The zero-order valence-electron chi connectivity index (χ0n) is 11.0. The van der Waals surface area contributed by atoms with Crippen LogP contribution in [0.2, 0.25) is 5.02 Å². The van der Waals surface area contributed by atoms with E-state index in [1.807, 2.05) is 11.8 Å². The summed E-state index contributed by atoms with van der Waals surface area (Å²) in [6, 6.07) is 4.64. The number of hydrogen-bond donors (Lipinski definition) is 1. The van der Waals surface area contributed by atoms with Gasteiger partial charge in [-0.3, -0.25) is 9.69 Å². The summed E-state index contributed by atoms with van der Waals surface area (Å²) in [5.74, 6) is -1.12. The van der Waals surface area contributed by atoms with Gasteiger partial charge in [0.2, 0.25) is 0 Å². The van der Waals surface area contributed by atoms with E-state index in [1.54, 1.807) is 12.1 Å². The molecule has 5 heteroatoms. The van der Waals surface area contributed by atoms with E-state index in [2.05, 4.69) is 0 Å². The third kappa shape index (κ3) is 5.57. The van der Waals surface area contributed by atoms with Crippen LogP contribution in [0.25, 0.3) is 0 Å². The molecule has 0 radical (unpaired) electrons. The van der Waals surface area contributed by atoms with Gasteiger partial charge in [0, 0.05) is 23.6 Å². The van der Waals surface area contributed by atoms with Crippen molar-refractivity contribution in [3.8, 4) is 0 Å². The minimum atomic E-state index is -0.805. The van der Waals surface area contributed by atoms with Crippen LogP contribution in [0.15, 0.2) is 18.2 Å². The highest BCUT2D eigenvalue weighted by atomic mass is 35.5. The third-order valence-corrected chi connectivity index (χ3v) is 3.20. The Bertz CT molecular complexity index is 406. The maximum Gasteiger partial charge on any atom is 0.303 e. The Hall–Kier alpha value is -1.13. The zero-order chi connectivity index (χ0) is 14.3. The van der Waals surface area contributed by atoms with E-state index >= 15 is 0 Å². The molecular weight excluding hydrogens is 269 g/mol. The number of benzene rings is 1. The molecular formula is C14H19ClFNO2. The second-order valence-electron chi connectivity index (χ2n) is 4.47. The number of carbonyl (C=O) groups is 1. The van der Waals surface area contributed by atoms with Gasteiger partial charge in [-0.15, -0.1) is 0 Å². The molecule has 0 bridgehead atoms. The maximum absolute atomic E-state index is 13.7. The van der Waals surface area contributed by atoms with Crippen LogP contribution in [0.5, 0.6) is 0 Å². The maximum atomic E-state index is 13.7. The lowest BCUT2D eigenvalue weighted by atomic mass is 10.1. The first-order valence-corrected chi connectivity index (χ1v) is 6.79. The second-order valence-corrected chi connectivity index (χ2v) is 4.88. The Kier molecular flexibility index (Phi) is 6.81. The Morgan fingerprint density at radius 3 is 2.74 bits per heavy atom. The van der Waals surface area contributed by atoms with Crippen molar-refractivity contribution >= 4 is 17.6 Å². The first-order chi connectivity index (χ1) is 9.04. The summed E-state index contributed by atoms with van der Waals surface area (Å²) in [6.07, 6.45) is 1.62. The van der Waals surface area contributed by atoms with E-state index in [0.717, 1.165) is 13.0 Å². The van der Waals surface area contributed by atoms with E-state index in [9.17, 15) is 9.18 Å². The zero-order valence-corrected chi connectivity index (χ0v) is 11.8. The van der Waals surface area contributed by atoms with Crippen molar-refractivity contribution < 1.29 is 14.3 Å². The lowest BCUT2D eigenvalue weighted by molar-refractivity contribution is -0.137. The third-order valence-electron chi connectivity index (χ3n) is 2.85. The molecule has 0 heterocycles. The molecule has 0 fully saturated rings. The summed E-state index contributed by atoms with van der Waals surface area (Å²) in [4.78, 5) is 12.5. The second kappa shape index (κ2) is 8.12. The molecule has 1 N–H and O–H groups in total. The van der Waals surface area contributed by atoms with E-state index in [-0.39, 0.29) is 12.2 Å². The van der Waals surface area contributed by atoms with Crippen molar-refractivity contribution in [1.82, 2.24) is 4.90 Å². The lowest BCUT2D eigenvalue weighted by Crippen LogP contribution is -2.26. The first-order valence-electron chi connectivity index (χ1n) is 6.41. The van der Waals surface area contributed by atoms with Crippen molar-refractivity contribution in [2.45, 2.75) is 32.7 Å². The number of aliphatic carboxylic acids is 1. The van der Waals surface area contributed by atoms with Crippen molar-refractivity contribution in [3.63, 3.8) is 0 Å². The van der Waals surface area contributed by atoms with Gasteiger partial charge in [0.25, 0.3) is 0 Å². The SMILES string of the molecule is CCCN(CCCC(=O)O)Cc1c(F)cccc1Cl. The largest absolute Gasteiger partial charge is 0.481 e. The Morgan fingerprint density at radius 2 is 2.16 bits per heavy atom. The number of hydrogen-bond acceptors (Lipinski definition) is 2. The molecule has 0 amide bonds. The van der Waals surface area contributed by atoms with Gasteiger partial charge < -0.3 is 5.11 Å². The molecule has 0 saturated carbocycles.